The van der Waals surface area contributed by atoms with E-state index in [4.69, 9.17) is 21.7 Å². The van der Waals surface area contributed by atoms with Crippen LogP contribution in [-0.2, 0) is 0 Å². The molecule has 1 aromatic carbocycles. The molecule has 0 atom stereocenters. The summed E-state index contributed by atoms with van der Waals surface area (Å²) < 4.78 is 13.5. The Kier molecular flexibility index (Phi) is 6.08. The molecule has 0 unspecified atom stereocenters. The molecule has 1 aliphatic rings. The molecule has 0 amide bonds. The molecule has 6 nitrogen and oxygen atoms in total. The number of nitrogens with zero attached hydrogens (tertiary/aromatic N) is 3. The van der Waals surface area contributed by atoms with Crippen LogP contribution in [0.15, 0.2) is 23.3 Å². The van der Waals surface area contributed by atoms with E-state index in [0.717, 1.165) is 30.0 Å². The smallest absolute Gasteiger partial charge is 0.216 e. The van der Waals surface area contributed by atoms with Gasteiger partial charge < -0.3 is 9.47 Å². The molecule has 0 aliphatic heterocycles. The molecule has 0 radical (unpaired) electrons. The summed E-state index contributed by atoms with van der Waals surface area (Å²) in [4.78, 5) is 0. The van der Waals surface area contributed by atoms with E-state index in [-0.39, 0.29) is 6.10 Å². The van der Waals surface area contributed by atoms with Gasteiger partial charge in [-0.15, -0.1) is 0 Å². The van der Waals surface area contributed by atoms with Gasteiger partial charge in [-0.05, 0) is 62.7 Å². The Balaban J connectivity index is 1.84. The minimum Gasteiger partial charge on any atom is -0.493 e. The first kappa shape index (κ1) is 18.6. The number of nitrogens with one attached hydrogen (secondary N) is 1. The monoisotopic (exact) mass is 374 g/mol. The standard InChI is InChI=1S/C19H26N4O2S/c1-13(2)25-16-10-9-14(11-17(16)24-3)12-20-23-18(21-22-19(23)26)15-7-5-4-6-8-15/h9-13,15H,4-8H2,1-3H3,(H,22,26)/b20-12-. The molecule has 1 aromatic heterocycles. The summed E-state index contributed by atoms with van der Waals surface area (Å²) in [6, 6.07) is 5.76. The molecule has 0 bridgehead atoms. The molecule has 1 aliphatic carbocycles. The minimum atomic E-state index is 0.0886. The molecule has 1 fully saturated rings. The van der Waals surface area contributed by atoms with Crippen molar-refractivity contribution in [1.29, 1.82) is 0 Å². The maximum atomic E-state index is 5.75. The second kappa shape index (κ2) is 8.49. The van der Waals surface area contributed by atoms with Gasteiger partial charge in [-0.1, -0.05) is 19.3 Å². The maximum Gasteiger partial charge on any atom is 0.216 e. The molecule has 1 N–H and O–H groups in total. The predicted octanol–water partition coefficient (Wildman–Crippen LogP) is 4.67. The van der Waals surface area contributed by atoms with Gasteiger partial charge in [0.05, 0.1) is 19.4 Å². The molecule has 3 rings (SSSR count). The third-order valence-electron chi connectivity index (χ3n) is 4.52. The highest BCUT2D eigenvalue weighted by Gasteiger charge is 2.21. The van der Waals surface area contributed by atoms with Crippen molar-refractivity contribution >= 4 is 18.4 Å². The van der Waals surface area contributed by atoms with Crippen molar-refractivity contribution < 1.29 is 9.47 Å². The minimum absolute atomic E-state index is 0.0886. The molecule has 0 spiro atoms. The molecule has 7 heteroatoms. The fourth-order valence-electron chi connectivity index (χ4n) is 3.28. The topological polar surface area (TPSA) is 64.4 Å². The van der Waals surface area contributed by atoms with Gasteiger partial charge in [-0.3, -0.25) is 5.10 Å². The number of aromatic amines is 1. The molecule has 0 saturated heterocycles. The van der Waals surface area contributed by atoms with Gasteiger partial charge in [0.25, 0.3) is 0 Å². The van der Waals surface area contributed by atoms with E-state index in [9.17, 15) is 0 Å². The molecule has 1 heterocycles. The Morgan fingerprint density at radius 1 is 1.27 bits per heavy atom. The highest BCUT2D eigenvalue weighted by atomic mass is 32.1. The largest absolute Gasteiger partial charge is 0.493 e. The first-order valence-corrected chi connectivity index (χ1v) is 9.55. The van der Waals surface area contributed by atoms with Crippen LogP contribution >= 0.6 is 12.2 Å². The van der Waals surface area contributed by atoms with Crippen LogP contribution in [0.1, 0.15) is 63.3 Å². The molecule has 1 saturated carbocycles. The molecule has 2 aromatic rings. The van der Waals surface area contributed by atoms with Crippen molar-refractivity contribution in [3.63, 3.8) is 0 Å². The predicted molar refractivity (Wildman–Crippen MR) is 105 cm³/mol. The quantitative estimate of drug-likeness (QED) is 0.590. The van der Waals surface area contributed by atoms with Crippen molar-refractivity contribution in [2.45, 2.75) is 58.0 Å². The van der Waals surface area contributed by atoms with E-state index in [2.05, 4.69) is 15.3 Å². The van der Waals surface area contributed by atoms with Crippen molar-refractivity contribution in [3.05, 3.63) is 34.4 Å². The zero-order chi connectivity index (χ0) is 18.5. The summed E-state index contributed by atoms with van der Waals surface area (Å²) in [5, 5.41) is 11.9. The Hall–Kier alpha value is -2.15. The van der Waals surface area contributed by atoms with Crippen LogP contribution in [-0.4, -0.2) is 34.3 Å². The van der Waals surface area contributed by atoms with Gasteiger partial charge >= 0.3 is 0 Å². The Morgan fingerprint density at radius 3 is 2.73 bits per heavy atom. The number of rotatable bonds is 6. The average molecular weight is 375 g/mol. The number of ether oxygens (including phenoxy) is 2. The van der Waals surface area contributed by atoms with Gasteiger partial charge in [0, 0.05) is 5.92 Å². The summed E-state index contributed by atoms with van der Waals surface area (Å²) in [5.41, 5.74) is 0.913. The Bertz CT molecular complexity index is 819. The third-order valence-corrected chi connectivity index (χ3v) is 4.78. The van der Waals surface area contributed by atoms with Gasteiger partial charge in [-0.25, -0.2) is 0 Å². The van der Waals surface area contributed by atoms with Crippen LogP contribution in [0.2, 0.25) is 0 Å². The van der Waals surface area contributed by atoms with E-state index in [1.54, 1.807) is 18.0 Å². The molecule has 26 heavy (non-hydrogen) atoms. The van der Waals surface area contributed by atoms with Crippen LogP contribution in [0, 0.1) is 4.77 Å². The van der Waals surface area contributed by atoms with Gasteiger partial charge in [-0.2, -0.15) is 14.9 Å². The average Bonchev–Trinajstić information content (AvgIpc) is 3.01. The molecule has 140 valence electrons. The second-order valence-corrected chi connectivity index (χ2v) is 7.24. The number of hydrogen-bond donors (Lipinski definition) is 1. The molecular weight excluding hydrogens is 348 g/mol. The van der Waals surface area contributed by atoms with Crippen LogP contribution < -0.4 is 9.47 Å². The van der Waals surface area contributed by atoms with Crippen LogP contribution in [0.4, 0.5) is 0 Å². The fraction of sp³-hybridized carbons (Fsp3) is 0.526. The maximum absolute atomic E-state index is 5.75. The Morgan fingerprint density at radius 2 is 2.04 bits per heavy atom. The van der Waals surface area contributed by atoms with Crippen LogP contribution in [0.5, 0.6) is 11.5 Å². The SMILES string of the molecule is COc1cc(/C=N\n2c(C3CCCCC3)n[nH]c2=S)ccc1OC(C)C. The van der Waals surface area contributed by atoms with Crippen molar-refractivity contribution in [1.82, 2.24) is 14.9 Å². The van der Waals surface area contributed by atoms with Gasteiger partial charge in [0.2, 0.25) is 4.77 Å². The highest BCUT2D eigenvalue weighted by molar-refractivity contribution is 7.71. The third kappa shape index (κ3) is 4.33. The van der Waals surface area contributed by atoms with E-state index in [1.807, 2.05) is 32.0 Å². The lowest BCUT2D eigenvalue weighted by atomic mass is 9.89. The van der Waals surface area contributed by atoms with E-state index < -0.39 is 0 Å². The van der Waals surface area contributed by atoms with Gasteiger partial charge in [0.1, 0.15) is 0 Å². The Labute approximate surface area is 159 Å². The van der Waals surface area contributed by atoms with E-state index in [1.165, 1.54) is 19.3 Å². The van der Waals surface area contributed by atoms with Crippen molar-refractivity contribution in [2.75, 3.05) is 7.11 Å². The zero-order valence-electron chi connectivity index (χ0n) is 15.6. The van der Waals surface area contributed by atoms with Crippen LogP contribution in [0.3, 0.4) is 0 Å². The number of aromatic nitrogens is 3. The normalized spacial score (nSPS) is 15.7. The summed E-state index contributed by atoms with van der Waals surface area (Å²) in [6.45, 7) is 3.98. The lowest BCUT2D eigenvalue weighted by Gasteiger charge is -2.19. The lowest BCUT2D eigenvalue weighted by molar-refractivity contribution is 0.230. The summed E-state index contributed by atoms with van der Waals surface area (Å²) >= 11 is 5.36. The zero-order valence-corrected chi connectivity index (χ0v) is 16.4. The molecular formula is C19H26N4O2S. The summed E-state index contributed by atoms with van der Waals surface area (Å²) in [7, 11) is 1.64. The van der Waals surface area contributed by atoms with Crippen molar-refractivity contribution in [2.24, 2.45) is 5.10 Å². The van der Waals surface area contributed by atoms with Crippen molar-refractivity contribution in [3.8, 4) is 11.5 Å². The number of H-pyrrole nitrogens is 1. The van der Waals surface area contributed by atoms with E-state index in [0.29, 0.717) is 16.4 Å². The summed E-state index contributed by atoms with van der Waals surface area (Å²) in [5.74, 6) is 2.76. The fourth-order valence-corrected chi connectivity index (χ4v) is 3.47. The first-order chi connectivity index (χ1) is 12.6. The number of benzene rings is 1. The number of methoxy groups -OCH3 is 1. The van der Waals surface area contributed by atoms with Gasteiger partial charge in [0.15, 0.2) is 17.3 Å². The number of hydrogen-bond acceptors (Lipinski definition) is 5. The first-order valence-electron chi connectivity index (χ1n) is 9.15. The van der Waals surface area contributed by atoms with Crippen LogP contribution in [0.25, 0.3) is 0 Å². The summed E-state index contributed by atoms with van der Waals surface area (Å²) in [6.07, 6.45) is 7.93. The second-order valence-electron chi connectivity index (χ2n) is 6.86. The highest BCUT2D eigenvalue weighted by Crippen LogP contribution is 2.32. The lowest BCUT2D eigenvalue weighted by Crippen LogP contribution is -2.10. The van der Waals surface area contributed by atoms with E-state index >= 15 is 0 Å².